The molecule has 0 saturated carbocycles. The van der Waals surface area contributed by atoms with E-state index in [1.165, 1.54) is 0 Å². The summed E-state index contributed by atoms with van der Waals surface area (Å²) < 4.78 is 6.89. The number of carbonyl (C=O) groups excluding carboxylic acids is 1. The van der Waals surface area contributed by atoms with Crippen molar-refractivity contribution in [2.75, 3.05) is 0 Å². The predicted molar refractivity (Wildman–Crippen MR) is 62.5 cm³/mol. The fourth-order valence-corrected chi connectivity index (χ4v) is 2.06. The number of fused-ring (bicyclic) bond motifs is 1. The van der Waals surface area contributed by atoms with Crippen LogP contribution in [0.25, 0.3) is 5.69 Å². The summed E-state index contributed by atoms with van der Waals surface area (Å²) >= 11 is 5.83. The number of benzene rings is 1. The van der Waals surface area contributed by atoms with Gasteiger partial charge in [0.15, 0.2) is 6.29 Å². The summed E-state index contributed by atoms with van der Waals surface area (Å²) in [5.41, 5.74) is 3.10. The largest absolute Gasteiger partial charge is 0.370 e. The van der Waals surface area contributed by atoms with Gasteiger partial charge in [-0.1, -0.05) is 11.6 Å². The van der Waals surface area contributed by atoms with Gasteiger partial charge < -0.3 is 4.74 Å². The number of aldehydes is 1. The molecule has 0 amide bonds. The van der Waals surface area contributed by atoms with Crippen LogP contribution in [0.4, 0.5) is 0 Å². The van der Waals surface area contributed by atoms with Gasteiger partial charge in [0, 0.05) is 10.6 Å². The summed E-state index contributed by atoms with van der Waals surface area (Å²) in [5.74, 6) is 0. The van der Waals surface area contributed by atoms with Crippen LogP contribution in [0.15, 0.2) is 24.3 Å². The van der Waals surface area contributed by atoms with Gasteiger partial charge in [-0.3, -0.25) is 4.79 Å². The molecule has 0 unspecified atom stereocenters. The third-order valence-electron chi connectivity index (χ3n) is 2.77. The second-order valence-electron chi connectivity index (χ2n) is 3.81. The van der Waals surface area contributed by atoms with Crippen molar-refractivity contribution in [2.24, 2.45) is 0 Å². The summed E-state index contributed by atoms with van der Waals surface area (Å²) in [6.07, 6.45) is 0.815. The third-order valence-corrected chi connectivity index (χ3v) is 3.03. The molecule has 86 valence electrons. The highest BCUT2D eigenvalue weighted by Crippen LogP contribution is 2.24. The van der Waals surface area contributed by atoms with Crippen LogP contribution in [0.2, 0.25) is 5.02 Å². The second-order valence-corrected chi connectivity index (χ2v) is 4.25. The number of carbonyl (C=O) groups is 1. The van der Waals surface area contributed by atoms with Gasteiger partial charge in [0.1, 0.15) is 5.69 Å². The van der Waals surface area contributed by atoms with Gasteiger partial charge in [-0.25, -0.2) is 4.68 Å². The monoisotopic (exact) mass is 248 g/mol. The van der Waals surface area contributed by atoms with E-state index >= 15 is 0 Å². The van der Waals surface area contributed by atoms with Gasteiger partial charge >= 0.3 is 0 Å². The van der Waals surface area contributed by atoms with E-state index < -0.39 is 0 Å². The Morgan fingerprint density at radius 1 is 1.29 bits per heavy atom. The Kier molecular flexibility index (Phi) is 2.46. The first-order valence-electron chi connectivity index (χ1n) is 5.19. The minimum absolute atomic E-state index is 0.455. The number of halogens is 1. The van der Waals surface area contributed by atoms with Gasteiger partial charge in [-0.05, 0) is 24.3 Å². The number of aromatic nitrogens is 2. The average Bonchev–Trinajstić information content (AvgIpc) is 2.89. The topological polar surface area (TPSA) is 44.1 Å². The molecule has 4 nitrogen and oxygen atoms in total. The molecule has 2 heterocycles. The van der Waals surface area contributed by atoms with Gasteiger partial charge in [0.25, 0.3) is 0 Å². The second kappa shape index (κ2) is 3.98. The normalized spacial score (nSPS) is 13.7. The van der Waals surface area contributed by atoms with Crippen LogP contribution in [-0.4, -0.2) is 16.1 Å². The summed E-state index contributed by atoms with van der Waals surface area (Å²) in [6, 6.07) is 7.21. The van der Waals surface area contributed by atoms with E-state index in [0.29, 0.717) is 23.9 Å². The van der Waals surface area contributed by atoms with Gasteiger partial charge in [0.05, 0.1) is 24.6 Å². The van der Waals surface area contributed by atoms with Crippen molar-refractivity contribution >= 4 is 17.9 Å². The van der Waals surface area contributed by atoms with E-state index in [4.69, 9.17) is 16.3 Å². The highest BCUT2D eigenvalue weighted by Gasteiger charge is 2.22. The smallest absolute Gasteiger partial charge is 0.168 e. The molecule has 0 fully saturated rings. The van der Waals surface area contributed by atoms with E-state index in [1.54, 1.807) is 16.8 Å². The first-order valence-corrected chi connectivity index (χ1v) is 5.57. The van der Waals surface area contributed by atoms with Crippen molar-refractivity contribution in [3.8, 4) is 5.69 Å². The van der Waals surface area contributed by atoms with Crippen molar-refractivity contribution in [3.63, 3.8) is 0 Å². The summed E-state index contributed by atoms with van der Waals surface area (Å²) in [5, 5.41) is 5.04. The van der Waals surface area contributed by atoms with E-state index in [-0.39, 0.29) is 0 Å². The molecule has 1 aromatic carbocycles. The summed E-state index contributed by atoms with van der Waals surface area (Å²) in [4.78, 5) is 11.1. The number of ether oxygens (including phenoxy) is 1. The average molecular weight is 249 g/mol. The lowest BCUT2D eigenvalue weighted by Gasteiger charge is -2.04. The van der Waals surface area contributed by atoms with Crippen LogP contribution in [0.5, 0.6) is 0 Å². The zero-order chi connectivity index (χ0) is 11.8. The third kappa shape index (κ3) is 1.66. The number of nitrogens with zero attached hydrogens (tertiary/aromatic N) is 2. The molecule has 0 radical (unpaired) electrons. The molecule has 0 atom stereocenters. The highest BCUT2D eigenvalue weighted by atomic mass is 35.5. The molecule has 0 saturated heterocycles. The van der Waals surface area contributed by atoms with Crippen LogP contribution in [-0.2, 0) is 18.0 Å². The lowest BCUT2D eigenvalue weighted by atomic mass is 10.2. The van der Waals surface area contributed by atoms with Gasteiger partial charge in [-0.15, -0.1) is 0 Å². The predicted octanol–water partition coefficient (Wildman–Crippen LogP) is 2.37. The Morgan fingerprint density at radius 2 is 2.06 bits per heavy atom. The van der Waals surface area contributed by atoms with Crippen molar-refractivity contribution in [1.82, 2.24) is 9.78 Å². The van der Waals surface area contributed by atoms with Gasteiger partial charge in [0.2, 0.25) is 0 Å². The van der Waals surface area contributed by atoms with Crippen LogP contribution < -0.4 is 0 Å². The lowest BCUT2D eigenvalue weighted by molar-refractivity contribution is 0.110. The maximum absolute atomic E-state index is 11.1. The first kappa shape index (κ1) is 10.5. The zero-order valence-electron chi connectivity index (χ0n) is 8.89. The molecule has 1 aromatic heterocycles. The molecule has 17 heavy (non-hydrogen) atoms. The van der Waals surface area contributed by atoms with Crippen LogP contribution in [0, 0.1) is 0 Å². The molecule has 1 aliphatic rings. The molecule has 0 N–H and O–H groups in total. The Bertz CT molecular complexity index is 575. The minimum Gasteiger partial charge on any atom is -0.370 e. The number of hydrogen-bond donors (Lipinski definition) is 0. The van der Waals surface area contributed by atoms with Crippen molar-refractivity contribution < 1.29 is 9.53 Å². The first-order chi connectivity index (χ1) is 8.29. The van der Waals surface area contributed by atoms with E-state index in [9.17, 15) is 4.79 Å². The molecular formula is C12H9ClN2O2. The number of hydrogen-bond acceptors (Lipinski definition) is 3. The molecule has 5 heteroatoms. The van der Waals surface area contributed by atoms with Crippen LogP contribution >= 0.6 is 11.6 Å². The van der Waals surface area contributed by atoms with E-state index in [0.717, 1.165) is 23.2 Å². The van der Waals surface area contributed by atoms with Gasteiger partial charge in [-0.2, -0.15) is 5.10 Å². The summed E-state index contributed by atoms with van der Waals surface area (Å²) in [7, 11) is 0. The molecule has 0 bridgehead atoms. The molecule has 3 rings (SSSR count). The van der Waals surface area contributed by atoms with Crippen LogP contribution in [0.3, 0.4) is 0 Å². The maximum atomic E-state index is 11.1. The maximum Gasteiger partial charge on any atom is 0.168 e. The fraction of sp³-hybridized carbons (Fsp3) is 0.167. The van der Waals surface area contributed by atoms with E-state index in [1.807, 2.05) is 12.1 Å². The quantitative estimate of drug-likeness (QED) is 0.767. The van der Waals surface area contributed by atoms with Crippen molar-refractivity contribution in [1.29, 1.82) is 0 Å². The molecule has 0 spiro atoms. The standard InChI is InChI=1S/C12H9ClN2O2/c13-8-1-3-9(4-2-8)15-12(5-16)10-6-17-7-11(10)14-15/h1-5H,6-7H2. The van der Waals surface area contributed by atoms with Crippen LogP contribution in [0.1, 0.15) is 21.7 Å². The Balaban J connectivity index is 2.15. The summed E-state index contributed by atoms with van der Waals surface area (Å²) in [6.45, 7) is 0.924. The Morgan fingerprint density at radius 3 is 2.76 bits per heavy atom. The molecule has 2 aromatic rings. The molecule has 0 aliphatic carbocycles. The highest BCUT2D eigenvalue weighted by molar-refractivity contribution is 6.30. The van der Waals surface area contributed by atoms with E-state index in [2.05, 4.69) is 5.10 Å². The fourth-order valence-electron chi connectivity index (χ4n) is 1.93. The number of rotatable bonds is 2. The Hall–Kier alpha value is -1.65. The SMILES string of the molecule is O=Cc1c2c(nn1-c1ccc(Cl)cc1)COC2. The van der Waals surface area contributed by atoms with Crippen molar-refractivity contribution in [3.05, 3.63) is 46.2 Å². The Labute approximate surface area is 103 Å². The minimum atomic E-state index is 0.455. The van der Waals surface area contributed by atoms with Crippen molar-refractivity contribution in [2.45, 2.75) is 13.2 Å². The molecular weight excluding hydrogens is 240 g/mol. The lowest BCUT2D eigenvalue weighted by Crippen LogP contribution is -2.03. The zero-order valence-corrected chi connectivity index (χ0v) is 9.65. The molecule has 1 aliphatic heterocycles.